The second-order valence-electron chi connectivity index (χ2n) is 8.60. The van der Waals surface area contributed by atoms with Crippen LogP contribution in [0.1, 0.15) is 42.4 Å². The highest BCUT2D eigenvalue weighted by molar-refractivity contribution is 5.93. The highest BCUT2D eigenvalue weighted by Gasteiger charge is 2.29. The Labute approximate surface area is 172 Å². The summed E-state index contributed by atoms with van der Waals surface area (Å²) in [5.74, 6) is -0.112. The van der Waals surface area contributed by atoms with Crippen LogP contribution < -0.4 is 0 Å². The number of rotatable bonds is 2. The minimum Gasteiger partial charge on any atom is -0.444 e. The van der Waals surface area contributed by atoms with Gasteiger partial charge in [-0.05, 0) is 57.9 Å². The molecule has 3 rings (SSSR count). The Kier molecular flexibility index (Phi) is 5.68. The normalized spacial score (nSPS) is 14.8. The molecule has 0 atom stereocenters. The second kappa shape index (κ2) is 7.89. The van der Waals surface area contributed by atoms with Crippen molar-refractivity contribution in [1.29, 1.82) is 0 Å². The average molecular weight is 399 g/mol. The van der Waals surface area contributed by atoms with Gasteiger partial charge in [0.05, 0.1) is 5.69 Å². The lowest BCUT2D eigenvalue weighted by Crippen LogP contribution is -2.51. The number of carbonyl (C=O) groups is 2. The molecule has 1 aromatic heterocycles. The van der Waals surface area contributed by atoms with Crippen molar-refractivity contribution in [3.63, 3.8) is 0 Å². The van der Waals surface area contributed by atoms with Crippen molar-refractivity contribution in [2.45, 2.75) is 40.2 Å². The first-order chi connectivity index (χ1) is 13.5. The van der Waals surface area contributed by atoms with Crippen molar-refractivity contribution < 1.29 is 14.3 Å². The zero-order valence-corrected chi connectivity index (χ0v) is 18.2. The van der Waals surface area contributed by atoms with Crippen LogP contribution in [0.15, 0.2) is 24.3 Å². The van der Waals surface area contributed by atoms with E-state index in [1.165, 1.54) is 11.1 Å². The van der Waals surface area contributed by atoms with E-state index < -0.39 is 5.60 Å². The van der Waals surface area contributed by atoms with Gasteiger partial charge in [0.2, 0.25) is 0 Å². The third-order valence-electron chi connectivity index (χ3n) is 5.12. The van der Waals surface area contributed by atoms with Crippen LogP contribution in [0.3, 0.4) is 0 Å². The molecule has 0 N–H and O–H groups in total. The molecule has 29 heavy (non-hydrogen) atoms. The van der Waals surface area contributed by atoms with Crippen LogP contribution in [-0.2, 0) is 11.8 Å². The zero-order chi connectivity index (χ0) is 21.3. The molecule has 2 amide bonds. The first-order valence-electron chi connectivity index (χ1n) is 9.94. The van der Waals surface area contributed by atoms with Crippen molar-refractivity contribution in [3.8, 4) is 11.3 Å². The van der Waals surface area contributed by atoms with Gasteiger partial charge < -0.3 is 14.5 Å². The molecular weight excluding hydrogens is 368 g/mol. The van der Waals surface area contributed by atoms with E-state index in [9.17, 15) is 9.59 Å². The number of hydrogen-bond acceptors (Lipinski definition) is 4. The Morgan fingerprint density at radius 2 is 1.59 bits per heavy atom. The maximum absolute atomic E-state index is 12.9. The van der Waals surface area contributed by atoms with Crippen LogP contribution in [0.4, 0.5) is 4.79 Å². The van der Waals surface area contributed by atoms with Crippen LogP contribution in [0.2, 0.25) is 0 Å². The monoisotopic (exact) mass is 398 g/mol. The Morgan fingerprint density at radius 1 is 0.966 bits per heavy atom. The summed E-state index contributed by atoms with van der Waals surface area (Å²) in [6, 6.07) is 8.08. The Hall–Kier alpha value is -2.83. The summed E-state index contributed by atoms with van der Waals surface area (Å²) in [7, 11) is 1.85. The fourth-order valence-corrected chi connectivity index (χ4v) is 3.32. The Morgan fingerprint density at radius 3 is 2.17 bits per heavy atom. The molecule has 1 aliphatic heterocycles. The number of piperazine rings is 1. The number of carbonyl (C=O) groups excluding carboxylic acids is 2. The zero-order valence-electron chi connectivity index (χ0n) is 18.2. The van der Waals surface area contributed by atoms with Gasteiger partial charge in [-0.1, -0.05) is 12.1 Å². The Balaban J connectivity index is 1.68. The minimum absolute atomic E-state index is 0.112. The van der Waals surface area contributed by atoms with Crippen molar-refractivity contribution in [1.82, 2.24) is 19.6 Å². The average Bonchev–Trinajstić information content (AvgIpc) is 3.04. The number of aromatic nitrogens is 2. The van der Waals surface area contributed by atoms with Crippen LogP contribution in [0.5, 0.6) is 0 Å². The van der Waals surface area contributed by atoms with E-state index in [0.29, 0.717) is 31.9 Å². The standard InChI is InChI=1S/C22H30N4O3/c1-15-7-8-17(13-16(15)2)19-14-18(23-24(19)6)20(27)25-9-11-26(12-10-25)21(28)29-22(3,4)5/h7-8,13-14H,9-12H2,1-6H3. The summed E-state index contributed by atoms with van der Waals surface area (Å²) >= 11 is 0. The minimum atomic E-state index is -0.525. The van der Waals surface area contributed by atoms with Crippen molar-refractivity contribution in [2.24, 2.45) is 7.05 Å². The molecular formula is C22H30N4O3. The smallest absolute Gasteiger partial charge is 0.410 e. The van der Waals surface area contributed by atoms with E-state index in [0.717, 1.165) is 11.3 Å². The second-order valence-corrected chi connectivity index (χ2v) is 8.60. The molecule has 0 saturated carbocycles. The third-order valence-corrected chi connectivity index (χ3v) is 5.12. The molecule has 2 heterocycles. The molecule has 156 valence electrons. The Bertz CT molecular complexity index is 919. The van der Waals surface area contributed by atoms with Crippen molar-refractivity contribution in [2.75, 3.05) is 26.2 Å². The van der Waals surface area contributed by atoms with Crippen molar-refractivity contribution >= 4 is 12.0 Å². The highest BCUT2D eigenvalue weighted by Crippen LogP contribution is 2.23. The van der Waals surface area contributed by atoms with Gasteiger partial charge in [0.1, 0.15) is 5.60 Å². The van der Waals surface area contributed by atoms with Gasteiger partial charge in [-0.2, -0.15) is 5.10 Å². The summed E-state index contributed by atoms with van der Waals surface area (Å²) in [4.78, 5) is 28.5. The quantitative estimate of drug-likeness (QED) is 0.778. The van der Waals surface area contributed by atoms with Crippen molar-refractivity contribution in [3.05, 3.63) is 41.1 Å². The molecule has 0 radical (unpaired) electrons. The molecule has 0 bridgehead atoms. The van der Waals surface area contributed by atoms with Crippen LogP contribution in [0, 0.1) is 13.8 Å². The number of aryl methyl sites for hydroxylation is 3. The first-order valence-corrected chi connectivity index (χ1v) is 9.94. The topological polar surface area (TPSA) is 67.7 Å². The fourth-order valence-electron chi connectivity index (χ4n) is 3.32. The molecule has 1 fully saturated rings. The first kappa shape index (κ1) is 20.9. The molecule has 1 aromatic carbocycles. The SMILES string of the molecule is Cc1ccc(-c2cc(C(=O)N3CCN(C(=O)OC(C)(C)C)CC3)nn2C)cc1C. The molecule has 1 aliphatic rings. The number of nitrogens with zero attached hydrogens (tertiary/aromatic N) is 4. The number of benzene rings is 1. The third kappa shape index (κ3) is 4.78. The summed E-state index contributed by atoms with van der Waals surface area (Å²) in [6.07, 6.45) is -0.334. The van der Waals surface area contributed by atoms with Gasteiger partial charge in [-0.3, -0.25) is 9.48 Å². The van der Waals surface area contributed by atoms with E-state index in [1.807, 2.05) is 40.0 Å². The van der Waals surface area contributed by atoms with E-state index in [-0.39, 0.29) is 12.0 Å². The number of ether oxygens (including phenoxy) is 1. The largest absolute Gasteiger partial charge is 0.444 e. The predicted molar refractivity (Wildman–Crippen MR) is 112 cm³/mol. The molecule has 2 aromatic rings. The van der Waals surface area contributed by atoms with E-state index in [4.69, 9.17) is 4.74 Å². The summed E-state index contributed by atoms with van der Waals surface area (Å²) in [6.45, 7) is 11.5. The molecule has 0 unspecified atom stereocenters. The lowest BCUT2D eigenvalue weighted by Gasteiger charge is -2.35. The van der Waals surface area contributed by atoms with E-state index in [2.05, 4.69) is 31.1 Å². The van der Waals surface area contributed by atoms with Crippen LogP contribution in [-0.4, -0.2) is 63.4 Å². The maximum atomic E-state index is 12.9. The van der Waals surface area contributed by atoms with Gasteiger partial charge in [0.15, 0.2) is 5.69 Å². The predicted octanol–water partition coefficient (Wildman–Crippen LogP) is 3.40. The van der Waals surface area contributed by atoms with Crippen LogP contribution in [0.25, 0.3) is 11.3 Å². The van der Waals surface area contributed by atoms with Crippen LogP contribution >= 0.6 is 0 Å². The molecule has 7 nitrogen and oxygen atoms in total. The lowest BCUT2D eigenvalue weighted by molar-refractivity contribution is 0.0140. The van der Waals surface area contributed by atoms with E-state index in [1.54, 1.807) is 14.5 Å². The fraction of sp³-hybridized carbons (Fsp3) is 0.500. The van der Waals surface area contributed by atoms with Gasteiger partial charge >= 0.3 is 6.09 Å². The number of hydrogen-bond donors (Lipinski definition) is 0. The van der Waals surface area contributed by atoms with E-state index >= 15 is 0 Å². The molecule has 1 saturated heterocycles. The lowest BCUT2D eigenvalue weighted by atomic mass is 10.0. The molecule has 7 heteroatoms. The molecule has 0 spiro atoms. The summed E-state index contributed by atoms with van der Waals surface area (Å²) in [5, 5.41) is 4.44. The summed E-state index contributed by atoms with van der Waals surface area (Å²) < 4.78 is 7.16. The number of amides is 2. The summed E-state index contributed by atoms with van der Waals surface area (Å²) in [5.41, 5.74) is 4.28. The van der Waals surface area contributed by atoms with Gasteiger partial charge in [0, 0.05) is 38.8 Å². The van der Waals surface area contributed by atoms with Gasteiger partial charge in [0.25, 0.3) is 5.91 Å². The highest BCUT2D eigenvalue weighted by atomic mass is 16.6. The molecule has 0 aliphatic carbocycles. The van der Waals surface area contributed by atoms with Gasteiger partial charge in [-0.25, -0.2) is 4.79 Å². The van der Waals surface area contributed by atoms with Gasteiger partial charge in [-0.15, -0.1) is 0 Å². The maximum Gasteiger partial charge on any atom is 0.410 e.